The van der Waals surface area contributed by atoms with E-state index in [4.69, 9.17) is 5.73 Å². The minimum atomic E-state index is 0.264. The monoisotopic (exact) mass is 265 g/mol. The van der Waals surface area contributed by atoms with Gasteiger partial charge in [0.25, 0.3) is 0 Å². The van der Waals surface area contributed by atoms with Gasteiger partial charge in [0.15, 0.2) is 0 Å². The molecule has 19 heavy (non-hydrogen) atoms. The lowest BCUT2D eigenvalue weighted by molar-refractivity contribution is -0.135. The van der Waals surface area contributed by atoms with Gasteiger partial charge in [0.05, 0.1) is 0 Å². The highest BCUT2D eigenvalue weighted by Crippen LogP contribution is 2.28. The molecule has 0 aromatic heterocycles. The van der Waals surface area contributed by atoms with Crippen molar-refractivity contribution in [2.45, 2.75) is 57.0 Å². The number of nitrogens with two attached hydrogens (primary N) is 1. The number of hydrogen-bond donors (Lipinski definition) is 1. The zero-order valence-corrected chi connectivity index (χ0v) is 11.9. The molecular weight excluding hydrogens is 238 g/mol. The van der Waals surface area contributed by atoms with Gasteiger partial charge >= 0.3 is 0 Å². The molecule has 0 aromatic rings. The van der Waals surface area contributed by atoms with Crippen molar-refractivity contribution in [3.05, 3.63) is 0 Å². The number of carbonyl (C=O) groups excluding carboxylic acids is 1. The summed E-state index contributed by atoms with van der Waals surface area (Å²) in [6.07, 6.45) is 8.08. The van der Waals surface area contributed by atoms with Gasteiger partial charge in [0.1, 0.15) is 0 Å². The van der Waals surface area contributed by atoms with Crippen LogP contribution >= 0.6 is 0 Å². The summed E-state index contributed by atoms with van der Waals surface area (Å²) in [4.78, 5) is 17.1. The molecule has 1 aliphatic carbocycles. The Balaban J connectivity index is 1.52. The Labute approximate surface area is 116 Å². The Morgan fingerprint density at radius 1 is 1.05 bits per heavy atom. The maximum atomic E-state index is 12.4. The second kappa shape index (κ2) is 5.80. The van der Waals surface area contributed by atoms with E-state index in [2.05, 4.69) is 9.80 Å². The van der Waals surface area contributed by atoms with Crippen LogP contribution in [0.25, 0.3) is 0 Å². The van der Waals surface area contributed by atoms with Crippen LogP contribution in [0.2, 0.25) is 0 Å². The summed E-state index contributed by atoms with van der Waals surface area (Å²) in [6, 6.07) is 0.892. The van der Waals surface area contributed by atoms with Gasteiger partial charge < -0.3 is 10.6 Å². The number of rotatable bonds is 2. The van der Waals surface area contributed by atoms with Crippen LogP contribution in [0.1, 0.15) is 44.9 Å². The van der Waals surface area contributed by atoms with Crippen LogP contribution < -0.4 is 5.73 Å². The molecule has 108 valence electrons. The minimum absolute atomic E-state index is 0.264. The van der Waals surface area contributed by atoms with E-state index in [0.29, 0.717) is 24.3 Å². The Kier molecular flexibility index (Phi) is 4.08. The molecule has 2 heterocycles. The van der Waals surface area contributed by atoms with Crippen LogP contribution in [-0.2, 0) is 4.79 Å². The van der Waals surface area contributed by atoms with Crippen LogP contribution in [0.4, 0.5) is 0 Å². The SMILES string of the molecule is N[C@@H]1CCC[C@H]1CC(=O)N1CCN2CCCCC2C1. The molecule has 2 saturated heterocycles. The number of piperazine rings is 1. The molecule has 3 rings (SSSR count). The molecular formula is C15H27N3O. The molecule has 2 aliphatic heterocycles. The molecule has 4 nitrogen and oxygen atoms in total. The van der Waals surface area contributed by atoms with Crippen molar-refractivity contribution in [2.24, 2.45) is 11.7 Å². The number of piperidine rings is 1. The fourth-order valence-corrected chi connectivity index (χ4v) is 4.05. The Morgan fingerprint density at radius 3 is 2.74 bits per heavy atom. The molecule has 0 radical (unpaired) electrons. The van der Waals surface area contributed by atoms with Crippen molar-refractivity contribution in [3.63, 3.8) is 0 Å². The third-order valence-electron chi connectivity index (χ3n) is 5.34. The van der Waals surface area contributed by atoms with Crippen molar-refractivity contribution in [2.75, 3.05) is 26.2 Å². The van der Waals surface area contributed by atoms with Crippen LogP contribution in [0.15, 0.2) is 0 Å². The number of amides is 1. The molecule has 1 saturated carbocycles. The molecule has 1 unspecified atom stereocenters. The summed E-state index contributed by atoms with van der Waals surface area (Å²) in [6.45, 7) is 4.20. The fraction of sp³-hybridized carbons (Fsp3) is 0.933. The topological polar surface area (TPSA) is 49.6 Å². The van der Waals surface area contributed by atoms with E-state index >= 15 is 0 Å². The predicted octanol–water partition coefficient (Wildman–Crippen LogP) is 1.20. The first kappa shape index (κ1) is 13.4. The second-order valence-corrected chi connectivity index (χ2v) is 6.58. The van der Waals surface area contributed by atoms with Crippen molar-refractivity contribution in [1.82, 2.24) is 9.80 Å². The van der Waals surface area contributed by atoms with E-state index in [0.717, 1.165) is 32.5 Å². The van der Waals surface area contributed by atoms with Gasteiger partial charge in [-0.2, -0.15) is 0 Å². The van der Waals surface area contributed by atoms with Gasteiger partial charge in [-0.15, -0.1) is 0 Å². The van der Waals surface area contributed by atoms with Crippen molar-refractivity contribution in [3.8, 4) is 0 Å². The summed E-state index contributed by atoms with van der Waals surface area (Å²) in [5.74, 6) is 0.796. The molecule has 0 bridgehead atoms. The average molecular weight is 265 g/mol. The summed E-state index contributed by atoms with van der Waals surface area (Å²) in [5, 5.41) is 0. The third kappa shape index (κ3) is 2.95. The average Bonchev–Trinajstić information content (AvgIpc) is 2.84. The maximum Gasteiger partial charge on any atom is 0.223 e. The third-order valence-corrected chi connectivity index (χ3v) is 5.34. The van der Waals surface area contributed by atoms with Crippen molar-refractivity contribution < 1.29 is 4.79 Å². The lowest BCUT2D eigenvalue weighted by atomic mass is 9.97. The van der Waals surface area contributed by atoms with E-state index in [9.17, 15) is 4.79 Å². The molecule has 2 N–H and O–H groups in total. The Hall–Kier alpha value is -0.610. The summed E-state index contributed by atoms with van der Waals surface area (Å²) < 4.78 is 0. The smallest absolute Gasteiger partial charge is 0.223 e. The van der Waals surface area contributed by atoms with E-state index in [1.54, 1.807) is 0 Å². The highest BCUT2D eigenvalue weighted by atomic mass is 16.2. The summed E-state index contributed by atoms with van der Waals surface area (Å²) in [5.41, 5.74) is 6.08. The molecule has 3 aliphatic rings. The molecule has 4 heteroatoms. The largest absolute Gasteiger partial charge is 0.340 e. The highest BCUT2D eigenvalue weighted by Gasteiger charge is 2.33. The molecule has 3 atom stereocenters. The van der Waals surface area contributed by atoms with E-state index in [-0.39, 0.29) is 6.04 Å². The van der Waals surface area contributed by atoms with Crippen LogP contribution in [0.3, 0.4) is 0 Å². The lowest BCUT2D eigenvalue weighted by Gasteiger charge is -2.44. The maximum absolute atomic E-state index is 12.4. The van der Waals surface area contributed by atoms with Crippen molar-refractivity contribution in [1.29, 1.82) is 0 Å². The molecule has 1 amide bonds. The second-order valence-electron chi connectivity index (χ2n) is 6.58. The zero-order chi connectivity index (χ0) is 13.2. The number of hydrogen-bond acceptors (Lipinski definition) is 3. The number of nitrogens with zero attached hydrogens (tertiary/aromatic N) is 2. The van der Waals surface area contributed by atoms with Crippen molar-refractivity contribution >= 4 is 5.91 Å². The lowest BCUT2D eigenvalue weighted by Crippen LogP contribution is -2.56. The standard InChI is InChI=1S/C15H27N3O/c16-14-6-3-4-12(14)10-15(19)18-9-8-17-7-2-1-5-13(17)11-18/h12-14H,1-11,16H2/t12-,13?,14+/m0/s1. The van der Waals surface area contributed by atoms with Crippen LogP contribution in [-0.4, -0.2) is 54.0 Å². The van der Waals surface area contributed by atoms with Gasteiger partial charge in [0.2, 0.25) is 5.91 Å². The normalized spacial score (nSPS) is 36.3. The Bertz CT molecular complexity index is 333. The first-order valence-electron chi connectivity index (χ1n) is 8.01. The molecule has 3 fully saturated rings. The fourth-order valence-electron chi connectivity index (χ4n) is 4.05. The van der Waals surface area contributed by atoms with Gasteiger partial charge in [-0.3, -0.25) is 9.69 Å². The molecule has 0 aromatic carbocycles. The quantitative estimate of drug-likeness (QED) is 0.816. The zero-order valence-electron chi connectivity index (χ0n) is 11.9. The van der Waals surface area contributed by atoms with E-state index in [1.807, 2.05) is 0 Å². The summed E-state index contributed by atoms with van der Waals surface area (Å²) >= 11 is 0. The van der Waals surface area contributed by atoms with Gasteiger partial charge in [-0.25, -0.2) is 0 Å². The molecule has 0 spiro atoms. The van der Waals surface area contributed by atoms with E-state index in [1.165, 1.54) is 32.2 Å². The number of fused-ring (bicyclic) bond motifs is 1. The van der Waals surface area contributed by atoms with Gasteiger partial charge in [-0.05, 0) is 38.1 Å². The van der Waals surface area contributed by atoms with Gasteiger partial charge in [-0.1, -0.05) is 12.8 Å². The van der Waals surface area contributed by atoms with Crippen LogP contribution in [0.5, 0.6) is 0 Å². The predicted molar refractivity (Wildman–Crippen MR) is 75.7 cm³/mol. The van der Waals surface area contributed by atoms with Gasteiger partial charge in [0, 0.05) is 38.1 Å². The first-order chi connectivity index (χ1) is 9.24. The highest BCUT2D eigenvalue weighted by molar-refractivity contribution is 5.76. The first-order valence-corrected chi connectivity index (χ1v) is 8.01. The van der Waals surface area contributed by atoms with Crippen LogP contribution in [0, 0.1) is 5.92 Å². The Morgan fingerprint density at radius 2 is 1.95 bits per heavy atom. The minimum Gasteiger partial charge on any atom is -0.340 e. The summed E-state index contributed by atoms with van der Waals surface area (Å²) in [7, 11) is 0. The van der Waals surface area contributed by atoms with E-state index < -0.39 is 0 Å². The number of carbonyl (C=O) groups is 1.